The van der Waals surface area contributed by atoms with Crippen LogP contribution in [0.3, 0.4) is 0 Å². The predicted molar refractivity (Wildman–Crippen MR) is 116 cm³/mol. The summed E-state index contributed by atoms with van der Waals surface area (Å²) in [6, 6.07) is 12.8. The lowest BCUT2D eigenvalue weighted by Crippen LogP contribution is -2.36. The molecule has 2 aromatic carbocycles. The fourth-order valence-electron chi connectivity index (χ4n) is 3.52. The van der Waals surface area contributed by atoms with Crippen LogP contribution < -0.4 is 10.6 Å². The van der Waals surface area contributed by atoms with Crippen molar-refractivity contribution in [3.63, 3.8) is 0 Å². The van der Waals surface area contributed by atoms with Gasteiger partial charge in [0, 0.05) is 16.1 Å². The Balaban J connectivity index is 1.69. The second-order valence-corrected chi connectivity index (χ2v) is 7.50. The Morgan fingerprint density at radius 2 is 1.90 bits per heavy atom. The average Bonchev–Trinajstić information content (AvgIpc) is 3.10. The van der Waals surface area contributed by atoms with Crippen molar-refractivity contribution >= 4 is 40.9 Å². The normalized spacial score (nSPS) is 15.1. The number of rotatable bonds is 4. The molecule has 3 aromatic rings. The van der Waals surface area contributed by atoms with Gasteiger partial charge < -0.3 is 15.4 Å². The summed E-state index contributed by atoms with van der Waals surface area (Å²) < 4.78 is 6.28. The van der Waals surface area contributed by atoms with Crippen molar-refractivity contribution < 1.29 is 19.1 Å². The van der Waals surface area contributed by atoms with Gasteiger partial charge in [-0.1, -0.05) is 35.9 Å². The van der Waals surface area contributed by atoms with Gasteiger partial charge in [-0.2, -0.15) is 5.10 Å². The second kappa shape index (κ2) is 8.23. The number of hydrogen-bond acceptors (Lipinski definition) is 5. The summed E-state index contributed by atoms with van der Waals surface area (Å²) in [5.41, 5.74) is 2.71. The van der Waals surface area contributed by atoms with Gasteiger partial charge in [0.25, 0.3) is 0 Å². The van der Waals surface area contributed by atoms with Crippen molar-refractivity contribution in [3.8, 4) is 11.3 Å². The molecule has 2 N–H and O–H groups in total. The molecule has 8 nitrogen and oxygen atoms in total. The Labute approximate surface area is 183 Å². The van der Waals surface area contributed by atoms with E-state index in [1.807, 2.05) is 19.1 Å². The minimum atomic E-state index is -0.880. The third-order valence-corrected chi connectivity index (χ3v) is 5.34. The third kappa shape index (κ3) is 3.89. The fraction of sp³-hybridized carbons (Fsp3) is 0.182. The van der Waals surface area contributed by atoms with Crippen LogP contribution in [-0.2, 0) is 14.3 Å². The summed E-state index contributed by atoms with van der Waals surface area (Å²) in [4.78, 5) is 37.5. The summed E-state index contributed by atoms with van der Waals surface area (Å²) in [6.45, 7) is 1.83. The maximum absolute atomic E-state index is 13.1. The van der Waals surface area contributed by atoms with Crippen LogP contribution in [0.2, 0.25) is 5.02 Å². The van der Waals surface area contributed by atoms with Crippen LogP contribution >= 0.6 is 11.6 Å². The van der Waals surface area contributed by atoms with Crippen LogP contribution in [0.15, 0.2) is 48.5 Å². The first-order chi connectivity index (χ1) is 14.9. The molecule has 0 saturated heterocycles. The molecule has 0 bridgehead atoms. The summed E-state index contributed by atoms with van der Waals surface area (Å²) in [5, 5.41) is 10.7. The van der Waals surface area contributed by atoms with E-state index in [2.05, 4.69) is 15.7 Å². The van der Waals surface area contributed by atoms with E-state index in [1.165, 1.54) is 11.8 Å². The molecule has 9 heteroatoms. The van der Waals surface area contributed by atoms with Gasteiger partial charge in [-0.15, -0.1) is 0 Å². The predicted octanol–water partition coefficient (Wildman–Crippen LogP) is 3.82. The number of carbonyl (C=O) groups excluding carboxylic acids is 3. The first-order valence-electron chi connectivity index (χ1n) is 9.52. The molecule has 2 heterocycles. The van der Waals surface area contributed by atoms with Crippen molar-refractivity contribution in [2.75, 3.05) is 17.7 Å². The second-order valence-electron chi connectivity index (χ2n) is 7.07. The van der Waals surface area contributed by atoms with Crippen molar-refractivity contribution in [2.24, 2.45) is 0 Å². The number of anilines is 2. The number of halogens is 1. The topological polar surface area (TPSA) is 102 Å². The number of methoxy groups -OCH3 is 1. The van der Waals surface area contributed by atoms with Gasteiger partial charge in [0.2, 0.25) is 11.8 Å². The summed E-state index contributed by atoms with van der Waals surface area (Å²) in [6.07, 6.45) is -0.0829. The number of hydrogen-bond donors (Lipinski definition) is 2. The molecular weight excluding hydrogens is 420 g/mol. The van der Waals surface area contributed by atoms with E-state index in [9.17, 15) is 14.4 Å². The number of benzene rings is 2. The molecule has 1 unspecified atom stereocenters. The van der Waals surface area contributed by atoms with Gasteiger partial charge in [0.05, 0.1) is 30.5 Å². The quantitative estimate of drug-likeness (QED) is 0.603. The number of esters is 1. The van der Waals surface area contributed by atoms with Gasteiger partial charge in [-0.05, 0) is 31.2 Å². The smallest absolute Gasteiger partial charge is 0.339 e. The summed E-state index contributed by atoms with van der Waals surface area (Å²) in [7, 11) is 1.27. The van der Waals surface area contributed by atoms with E-state index in [0.29, 0.717) is 22.2 Å². The Morgan fingerprint density at radius 1 is 1.19 bits per heavy atom. The summed E-state index contributed by atoms with van der Waals surface area (Å²) >= 11 is 5.98. The fourth-order valence-corrected chi connectivity index (χ4v) is 3.65. The lowest BCUT2D eigenvalue weighted by molar-refractivity contribution is -0.125. The van der Waals surface area contributed by atoms with E-state index in [-0.39, 0.29) is 17.9 Å². The van der Waals surface area contributed by atoms with E-state index >= 15 is 0 Å². The maximum Gasteiger partial charge on any atom is 0.339 e. The van der Waals surface area contributed by atoms with Gasteiger partial charge in [-0.25, -0.2) is 9.48 Å². The third-order valence-electron chi connectivity index (χ3n) is 5.09. The molecule has 1 aromatic heterocycles. The molecule has 1 aliphatic heterocycles. The molecule has 4 rings (SSSR count). The number of fused-ring (bicyclic) bond motifs is 1. The highest BCUT2D eigenvalue weighted by Crippen LogP contribution is 2.35. The van der Waals surface area contributed by atoms with E-state index in [4.69, 9.17) is 16.3 Å². The molecule has 0 aliphatic carbocycles. The zero-order chi connectivity index (χ0) is 22.1. The number of nitrogens with one attached hydrogen (secondary N) is 2. The highest BCUT2D eigenvalue weighted by molar-refractivity contribution is 6.30. The number of ether oxygens (including phenoxy) is 1. The SMILES string of the molecule is COC(=O)c1ccccc1NC(=O)C1CC(=O)Nc2c(C)c(-c3ccc(Cl)cc3)nn21. The zero-order valence-corrected chi connectivity index (χ0v) is 17.6. The van der Waals surface area contributed by atoms with Crippen LogP contribution in [0.4, 0.5) is 11.5 Å². The standard InChI is InChI=1S/C22H19ClN4O4/c1-12-19(13-7-9-14(23)10-8-13)26-27-17(11-18(28)25-20(12)27)21(29)24-16-6-4-3-5-15(16)22(30)31-2/h3-10,17H,11H2,1-2H3,(H,24,29)(H,25,28). The van der Waals surface area contributed by atoms with E-state index < -0.39 is 17.9 Å². The molecule has 1 aliphatic rings. The van der Waals surface area contributed by atoms with Crippen LogP contribution in [-0.4, -0.2) is 34.7 Å². The molecular formula is C22H19ClN4O4. The lowest BCUT2D eigenvalue weighted by atomic mass is 10.1. The number of aromatic nitrogens is 2. The Bertz CT molecular complexity index is 1190. The van der Waals surface area contributed by atoms with E-state index in [1.54, 1.807) is 36.4 Å². The summed E-state index contributed by atoms with van der Waals surface area (Å²) in [5.74, 6) is -0.863. The zero-order valence-electron chi connectivity index (χ0n) is 16.8. The van der Waals surface area contributed by atoms with Crippen LogP contribution in [0.5, 0.6) is 0 Å². The Kier molecular flexibility index (Phi) is 5.48. The van der Waals surface area contributed by atoms with Crippen LogP contribution in [0.25, 0.3) is 11.3 Å². The first-order valence-corrected chi connectivity index (χ1v) is 9.90. The number of para-hydroxylation sites is 1. The molecule has 2 amide bonds. The highest BCUT2D eigenvalue weighted by atomic mass is 35.5. The molecule has 0 saturated carbocycles. The molecule has 0 fully saturated rings. The van der Waals surface area contributed by atoms with Gasteiger partial charge in [0.15, 0.2) is 0 Å². The molecule has 0 radical (unpaired) electrons. The molecule has 31 heavy (non-hydrogen) atoms. The van der Waals surface area contributed by atoms with E-state index in [0.717, 1.165) is 11.1 Å². The Hall–Kier alpha value is -3.65. The van der Waals surface area contributed by atoms with Gasteiger partial charge >= 0.3 is 5.97 Å². The van der Waals surface area contributed by atoms with Gasteiger partial charge in [0.1, 0.15) is 11.9 Å². The lowest BCUT2D eigenvalue weighted by Gasteiger charge is -2.24. The van der Waals surface area contributed by atoms with Crippen molar-refractivity contribution in [2.45, 2.75) is 19.4 Å². The Morgan fingerprint density at radius 3 is 2.61 bits per heavy atom. The maximum atomic E-state index is 13.1. The number of carbonyl (C=O) groups is 3. The van der Waals surface area contributed by atoms with Crippen molar-refractivity contribution in [3.05, 3.63) is 64.7 Å². The van der Waals surface area contributed by atoms with Crippen molar-refractivity contribution in [1.29, 1.82) is 0 Å². The highest BCUT2D eigenvalue weighted by Gasteiger charge is 2.34. The van der Waals surface area contributed by atoms with Crippen molar-refractivity contribution in [1.82, 2.24) is 9.78 Å². The number of nitrogens with zero attached hydrogens (tertiary/aromatic N) is 2. The first kappa shape index (κ1) is 20.6. The monoisotopic (exact) mass is 438 g/mol. The molecule has 0 spiro atoms. The minimum Gasteiger partial charge on any atom is -0.465 e. The van der Waals surface area contributed by atoms with Crippen LogP contribution in [0.1, 0.15) is 28.4 Å². The molecule has 1 atom stereocenters. The minimum absolute atomic E-state index is 0.0829. The van der Waals surface area contributed by atoms with Crippen LogP contribution in [0, 0.1) is 6.92 Å². The largest absolute Gasteiger partial charge is 0.465 e. The number of amides is 2. The van der Waals surface area contributed by atoms with Gasteiger partial charge in [-0.3, -0.25) is 9.59 Å². The average molecular weight is 439 g/mol. The molecule has 158 valence electrons.